The first-order valence-electron chi connectivity index (χ1n) is 5.88. The van der Waals surface area contributed by atoms with Crippen molar-refractivity contribution in [2.24, 2.45) is 5.92 Å². The number of nitrogens with zero attached hydrogens (tertiary/aromatic N) is 4. The molecule has 0 aliphatic rings. The van der Waals surface area contributed by atoms with Gasteiger partial charge >= 0.3 is 12.0 Å². The van der Waals surface area contributed by atoms with E-state index in [2.05, 4.69) is 15.2 Å². The lowest BCUT2D eigenvalue weighted by Crippen LogP contribution is -2.41. The first-order valence-corrected chi connectivity index (χ1v) is 5.88. The van der Waals surface area contributed by atoms with E-state index in [0.717, 1.165) is 0 Å². The molecule has 8 nitrogen and oxygen atoms in total. The lowest BCUT2D eigenvalue weighted by molar-refractivity contribution is -0.141. The fourth-order valence-corrected chi connectivity index (χ4v) is 1.60. The van der Waals surface area contributed by atoms with Crippen molar-refractivity contribution in [3.8, 4) is 0 Å². The summed E-state index contributed by atoms with van der Waals surface area (Å²) >= 11 is 0. The second-order valence-corrected chi connectivity index (χ2v) is 4.60. The third-order valence-corrected chi connectivity index (χ3v) is 2.64. The number of nitrogens with one attached hydrogen (secondary N) is 1. The van der Waals surface area contributed by atoms with E-state index in [1.807, 2.05) is 0 Å². The molecular weight excluding hydrogens is 250 g/mol. The first kappa shape index (κ1) is 14.9. The lowest BCUT2D eigenvalue weighted by Gasteiger charge is -2.25. The van der Waals surface area contributed by atoms with Crippen LogP contribution in [0.2, 0.25) is 0 Å². The summed E-state index contributed by atoms with van der Waals surface area (Å²) in [6.45, 7) is 3.77. The van der Waals surface area contributed by atoms with Crippen molar-refractivity contribution < 1.29 is 14.7 Å². The van der Waals surface area contributed by atoms with Crippen molar-refractivity contribution >= 4 is 12.0 Å². The standard InChI is InChI=1S/C11H19N5O3/c1-7(10(17)18)5-15(3)11(19)16(4)6-9-12-8(2)13-14-9/h7H,5-6H2,1-4H3,(H,17,18)(H,12,13,14). The van der Waals surface area contributed by atoms with Gasteiger partial charge in [0.25, 0.3) is 0 Å². The number of hydrogen-bond donors (Lipinski definition) is 2. The molecule has 1 aromatic heterocycles. The average Bonchev–Trinajstić information content (AvgIpc) is 2.73. The average molecular weight is 269 g/mol. The maximum Gasteiger partial charge on any atom is 0.319 e. The van der Waals surface area contributed by atoms with Crippen LogP contribution in [0.25, 0.3) is 0 Å². The molecule has 1 heterocycles. The molecule has 1 aromatic rings. The molecule has 0 fully saturated rings. The van der Waals surface area contributed by atoms with Gasteiger partial charge in [0.05, 0.1) is 12.5 Å². The lowest BCUT2D eigenvalue weighted by atomic mass is 10.2. The van der Waals surface area contributed by atoms with E-state index in [4.69, 9.17) is 5.11 Å². The van der Waals surface area contributed by atoms with Crippen LogP contribution in [0.5, 0.6) is 0 Å². The highest BCUT2D eigenvalue weighted by Gasteiger charge is 2.20. The first-order chi connectivity index (χ1) is 8.81. The largest absolute Gasteiger partial charge is 0.481 e. The van der Waals surface area contributed by atoms with Gasteiger partial charge < -0.3 is 14.9 Å². The zero-order chi connectivity index (χ0) is 14.6. The molecule has 106 valence electrons. The number of H-pyrrole nitrogens is 1. The maximum absolute atomic E-state index is 12.0. The van der Waals surface area contributed by atoms with Gasteiger partial charge in [0.1, 0.15) is 5.82 Å². The minimum absolute atomic E-state index is 0.158. The summed E-state index contributed by atoms with van der Waals surface area (Å²) in [6.07, 6.45) is 0. The number of carboxylic acids is 1. The number of aromatic nitrogens is 3. The van der Waals surface area contributed by atoms with Crippen molar-refractivity contribution in [2.75, 3.05) is 20.6 Å². The number of carboxylic acid groups (broad SMARTS) is 1. The van der Waals surface area contributed by atoms with E-state index in [9.17, 15) is 9.59 Å². The number of urea groups is 1. The highest BCUT2D eigenvalue weighted by molar-refractivity contribution is 5.75. The fraction of sp³-hybridized carbons (Fsp3) is 0.636. The minimum Gasteiger partial charge on any atom is -0.481 e. The molecule has 8 heteroatoms. The van der Waals surface area contributed by atoms with Gasteiger partial charge in [-0.25, -0.2) is 9.78 Å². The number of rotatable bonds is 5. The number of aliphatic carboxylic acids is 1. The Morgan fingerprint density at radius 3 is 2.47 bits per heavy atom. The van der Waals surface area contributed by atoms with Gasteiger partial charge in [-0.05, 0) is 6.92 Å². The fourth-order valence-electron chi connectivity index (χ4n) is 1.60. The zero-order valence-electron chi connectivity index (χ0n) is 11.5. The summed E-state index contributed by atoms with van der Waals surface area (Å²) in [5.74, 6) is -0.322. The van der Waals surface area contributed by atoms with E-state index in [1.54, 1.807) is 27.9 Å². The molecule has 19 heavy (non-hydrogen) atoms. The minimum atomic E-state index is -0.924. The van der Waals surface area contributed by atoms with Gasteiger partial charge in [-0.15, -0.1) is 0 Å². The number of carbonyl (C=O) groups excluding carboxylic acids is 1. The van der Waals surface area contributed by atoms with Crippen LogP contribution in [0.3, 0.4) is 0 Å². The summed E-state index contributed by atoms with van der Waals surface area (Å²) in [5, 5.41) is 15.5. The molecule has 0 aliphatic carbocycles. The summed E-state index contributed by atoms with van der Waals surface area (Å²) in [7, 11) is 3.19. The quantitative estimate of drug-likeness (QED) is 0.801. The Balaban J connectivity index is 2.54. The molecule has 0 bridgehead atoms. The summed E-state index contributed by atoms with van der Waals surface area (Å²) in [5.41, 5.74) is 0. The molecule has 0 radical (unpaired) electrons. The Labute approximate surface area is 111 Å². The van der Waals surface area contributed by atoms with Gasteiger partial charge in [-0.3, -0.25) is 9.89 Å². The van der Waals surface area contributed by atoms with Crippen molar-refractivity contribution in [2.45, 2.75) is 20.4 Å². The third kappa shape index (κ3) is 4.23. The Bertz CT molecular complexity index is 459. The van der Waals surface area contributed by atoms with Crippen molar-refractivity contribution in [3.05, 3.63) is 11.6 Å². The van der Waals surface area contributed by atoms with Crippen LogP contribution < -0.4 is 0 Å². The predicted octanol–water partition coefficient (Wildman–Crippen LogP) is 0.317. The van der Waals surface area contributed by atoms with Crippen molar-refractivity contribution in [3.63, 3.8) is 0 Å². The monoisotopic (exact) mass is 269 g/mol. The van der Waals surface area contributed by atoms with Crippen LogP contribution in [0.4, 0.5) is 4.79 Å². The van der Waals surface area contributed by atoms with Crippen LogP contribution >= 0.6 is 0 Å². The molecule has 0 spiro atoms. The second-order valence-electron chi connectivity index (χ2n) is 4.60. The Morgan fingerprint density at radius 1 is 1.37 bits per heavy atom. The maximum atomic E-state index is 12.0. The summed E-state index contributed by atoms with van der Waals surface area (Å²) < 4.78 is 0. The molecule has 1 atom stereocenters. The topological polar surface area (TPSA) is 102 Å². The molecule has 2 amide bonds. The van der Waals surface area contributed by atoms with Crippen molar-refractivity contribution in [1.29, 1.82) is 0 Å². The van der Waals surface area contributed by atoms with E-state index in [-0.39, 0.29) is 19.1 Å². The summed E-state index contributed by atoms with van der Waals surface area (Å²) in [4.78, 5) is 29.7. The molecule has 0 aliphatic heterocycles. The number of aryl methyl sites for hydroxylation is 1. The third-order valence-electron chi connectivity index (χ3n) is 2.64. The predicted molar refractivity (Wildman–Crippen MR) is 67.4 cm³/mol. The highest BCUT2D eigenvalue weighted by Crippen LogP contribution is 2.04. The van der Waals surface area contributed by atoms with Crippen LogP contribution in [-0.4, -0.2) is 62.7 Å². The normalized spacial score (nSPS) is 12.0. The Kier molecular flexibility index (Phi) is 4.85. The van der Waals surface area contributed by atoms with Crippen LogP contribution in [0.1, 0.15) is 18.6 Å². The summed E-state index contributed by atoms with van der Waals surface area (Å²) in [6, 6.07) is -0.268. The van der Waals surface area contributed by atoms with Gasteiger partial charge in [-0.2, -0.15) is 5.10 Å². The molecular formula is C11H19N5O3. The number of hydrogen-bond acceptors (Lipinski definition) is 4. The van der Waals surface area contributed by atoms with Crippen LogP contribution in [-0.2, 0) is 11.3 Å². The zero-order valence-corrected chi connectivity index (χ0v) is 11.5. The van der Waals surface area contributed by atoms with Crippen molar-refractivity contribution in [1.82, 2.24) is 25.0 Å². The highest BCUT2D eigenvalue weighted by atomic mass is 16.4. The molecule has 1 rings (SSSR count). The van der Waals surface area contributed by atoms with Gasteiger partial charge in [0, 0.05) is 20.6 Å². The van der Waals surface area contributed by atoms with Gasteiger partial charge in [0.15, 0.2) is 5.82 Å². The van der Waals surface area contributed by atoms with Crippen LogP contribution in [0, 0.1) is 12.8 Å². The molecule has 1 unspecified atom stereocenters. The van der Waals surface area contributed by atoms with Crippen LogP contribution in [0.15, 0.2) is 0 Å². The molecule has 0 aromatic carbocycles. The van der Waals surface area contributed by atoms with E-state index >= 15 is 0 Å². The van der Waals surface area contributed by atoms with E-state index in [0.29, 0.717) is 11.6 Å². The van der Waals surface area contributed by atoms with Gasteiger partial charge in [-0.1, -0.05) is 6.92 Å². The van der Waals surface area contributed by atoms with E-state index < -0.39 is 11.9 Å². The number of aromatic amines is 1. The SMILES string of the molecule is Cc1nc(CN(C)C(=O)N(C)CC(C)C(=O)O)n[nH]1. The van der Waals surface area contributed by atoms with Gasteiger partial charge in [0.2, 0.25) is 0 Å². The second kappa shape index (κ2) is 6.17. The molecule has 2 N–H and O–H groups in total. The molecule has 0 saturated heterocycles. The smallest absolute Gasteiger partial charge is 0.319 e. The number of amides is 2. The Hall–Kier alpha value is -2.12. The Morgan fingerprint density at radius 2 is 2.00 bits per heavy atom. The number of carbonyl (C=O) groups is 2. The van der Waals surface area contributed by atoms with E-state index in [1.165, 1.54) is 9.80 Å². The molecule has 0 saturated carbocycles.